The molecule has 0 N–H and O–H groups in total. The summed E-state index contributed by atoms with van der Waals surface area (Å²) in [4.78, 5) is -0.904. The molecule has 21 unspecified atom stereocenters. The maximum absolute atomic E-state index is 6.61. The largest absolute Gasteiger partial charge is 0.125 e. The smallest absolute Gasteiger partial charge is 0.0700 e. The summed E-state index contributed by atoms with van der Waals surface area (Å²) < 4.78 is 0. The van der Waals surface area contributed by atoms with Crippen molar-refractivity contribution >= 4 is 267 Å². The zero-order valence-electron chi connectivity index (χ0n) is 24.0. The summed E-state index contributed by atoms with van der Waals surface area (Å²) in [5.74, 6) is 0.0214. The molecule has 0 saturated carbocycles. The Kier molecular flexibility index (Phi) is 28.8. The predicted molar refractivity (Wildman–Crippen MR) is 233 cm³/mol. The third-order valence-corrected chi connectivity index (χ3v) is 21.9. The first-order valence-electron chi connectivity index (χ1n) is 13.4. The monoisotopic (exact) mass is 1130 g/mol. The van der Waals surface area contributed by atoms with Gasteiger partial charge in [-0.3, -0.25) is 0 Å². The van der Waals surface area contributed by atoms with Gasteiger partial charge in [-0.15, -0.1) is 267 Å². The summed E-state index contributed by atoms with van der Waals surface area (Å²) in [6, 6.07) is 0. The second-order valence-corrected chi connectivity index (χ2v) is 23.0. The first kappa shape index (κ1) is 54.7. The number of halogens is 23. The molecule has 0 saturated heterocycles. The predicted octanol–water partition coefficient (Wildman–Crippen LogP) is 15.0. The second-order valence-electron chi connectivity index (χ2n) is 11.1. The summed E-state index contributed by atoms with van der Waals surface area (Å²) in [5, 5.41) is -21.7. The van der Waals surface area contributed by atoms with E-state index >= 15 is 0 Å². The van der Waals surface area contributed by atoms with Crippen molar-refractivity contribution in [1.82, 2.24) is 0 Å². The Hall–Kier alpha value is 6.67. The molecule has 0 spiro atoms. The van der Waals surface area contributed by atoms with Crippen molar-refractivity contribution in [2.75, 3.05) is 5.88 Å². The lowest BCUT2D eigenvalue weighted by molar-refractivity contribution is 0.546. The van der Waals surface area contributed by atoms with Crippen molar-refractivity contribution in [2.24, 2.45) is 0 Å². The summed E-state index contributed by atoms with van der Waals surface area (Å²) in [6.07, 6.45) is 0. The molecule has 0 aromatic heterocycles. The highest BCUT2D eigenvalue weighted by Gasteiger charge is 2.48. The van der Waals surface area contributed by atoms with Gasteiger partial charge in [-0.1, -0.05) is 0 Å². The molecule has 0 rings (SSSR count). The van der Waals surface area contributed by atoms with Crippen molar-refractivity contribution in [3.8, 4) is 0 Å². The van der Waals surface area contributed by atoms with E-state index in [0.717, 1.165) is 0 Å². The molecule has 0 nitrogen and oxygen atoms in total. The highest BCUT2D eigenvalue weighted by Crippen LogP contribution is 2.41. The molecule has 0 aliphatic heterocycles. The molecule has 290 valence electrons. The van der Waals surface area contributed by atoms with Crippen LogP contribution in [0, 0.1) is 0 Å². The number of alkyl halides is 23. The summed E-state index contributed by atoms with van der Waals surface area (Å²) in [5.41, 5.74) is 0. The zero-order valence-corrected chi connectivity index (χ0v) is 41.4. The molecular weight excluding hydrogens is 1120 g/mol. The van der Waals surface area contributed by atoms with E-state index in [1.165, 1.54) is 0 Å². The molecule has 0 fully saturated rings. The fourth-order valence-electron chi connectivity index (χ4n) is 3.81. The topological polar surface area (TPSA) is 0 Å². The van der Waals surface area contributed by atoms with Gasteiger partial charge in [0.15, 0.2) is 0 Å². The van der Waals surface area contributed by atoms with Crippen molar-refractivity contribution < 1.29 is 0 Å². The third kappa shape index (κ3) is 15.7. The van der Waals surface area contributed by atoms with Crippen LogP contribution in [0.5, 0.6) is 0 Å². The van der Waals surface area contributed by atoms with Crippen molar-refractivity contribution in [2.45, 2.75) is 132 Å². The van der Waals surface area contributed by atoms with Crippen LogP contribution in [0.4, 0.5) is 0 Å². The van der Waals surface area contributed by atoms with E-state index in [-0.39, 0.29) is 5.88 Å². The Morgan fingerprint density at radius 2 is 0.438 bits per heavy atom. The van der Waals surface area contributed by atoms with E-state index in [1.807, 2.05) is 0 Å². The Bertz CT molecular complexity index is 897. The summed E-state index contributed by atoms with van der Waals surface area (Å²) >= 11 is 149. The zero-order chi connectivity index (χ0) is 38.3. The second kappa shape index (κ2) is 25.3. The lowest BCUT2D eigenvalue weighted by Gasteiger charge is -2.36. The maximum Gasteiger partial charge on any atom is 0.0700 e. The van der Waals surface area contributed by atoms with Gasteiger partial charge >= 0.3 is 0 Å². The highest BCUT2D eigenvalue weighted by molar-refractivity contribution is 6.47. The van der Waals surface area contributed by atoms with E-state index in [2.05, 4.69) is 0 Å². The Labute approximate surface area is 398 Å². The first-order valence-corrected chi connectivity index (χ1v) is 23.5. The molecule has 23 heteroatoms. The van der Waals surface area contributed by atoms with Gasteiger partial charge in [-0.05, 0) is 13.8 Å². The van der Waals surface area contributed by atoms with Crippen LogP contribution in [0.1, 0.15) is 13.8 Å². The van der Waals surface area contributed by atoms with Gasteiger partial charge in [0.25, 0.3) is 0 Å². The standard InChI is InChI=1S/C25H29Cl23/c1-25(2,48)24(47)23(46)22(45)21(44)20(43)19(42)18(41)17(40)16(39)15(38)14(37)13(36)12(35)11(34)10(33)9(32)8(31)7(30)6(29)5(28)4(27)3-26/h4-24H,3H2,1-2H3. The lowest BCUT2D eigenvalue weighted by atomic mass is 9.98. The Balaban J connectivity index is 5.55. The van der Waals surface area contributed by atoms with Crippen molar-refractivity contribution in [1.29, 1.82) is 0 Å². The Morgan fingerprint density at radius 3 is 0.583 bits per heavy atom. The van der Waals surface area contributed by atoms with E-state index in [4.69, 9.17) is 267 Å². The molecule has 0 aliphatic carbocycles. The van der Waals surface area contributed by atoms with Crippen molar-refractivity contribution in [3.63, 3.8) is 0 Å². The van der Waals surface area contributed by atoms with Gasteiger partial charge in [-0.2, -0.15) is 0 Å². The fraction of sp³-hybridized carbons (Fsp3) is 1.00. The Morgan fingerprint density at radius 1 is 0.292 bits per heavy atom. The number of hydrogen-bond acceptors (Lipinski definition) is 0. The lowest BCUT2D eigenvalue weighted by Crippen LogP contribution is -2.50. The van der Waals surface area contributed by atoms with E-state index in [0.29, 0.717) is 0 Å². The molecule has 0 radical (unpaired) electrons. The quantitative estimate of drug-likeness (QED) is 0.0948. The molecule has 0 bridgehead atoms. The molecule has 48 heavy (non-hydrogen) atoms. The van der Waals surface area contributed by atoms with Gasteiger partial charge in [0.2, 0.25) is 0 Å². The fourth-order valence-corrected chi connectivity index (χ4v) is 12.1. The summed E-state index contributed by atoms with van der Waals surface area (Å²) in [6.45, 7) is 3.34. The maximum atomic E-state index is 6.61. The van der Waals surface area contributed by atoms with Gasteiger partial charge in [-0.25, -0.2) is 0 Å². The van der Waals surface area contributed by atoms with Crippen LogP contribution in [0.3, 0.4) is 0 Å². The minimum atomic E-state index is -1.15. The van der Waals surface area contributed by atoms with Crippen LogP contribution in [-0.2, 0) is 0 Å². The van der Waals surface area contributed by atoms with Crippen LogP contribution >= 0.6 is 267 Å². The molecule has 0 aromatic carbocycles. The first-order chi connectivity index (χ1) is 21.7. The molecule has 0 amide bonds. The van der Waals surface area contributed by atoms with Gasteiger partial charge in [0.1, 0.15) is 0 Å². The van der Waals surface area contributed by atoms with Crippen LogP contribution < -0.4 is 0 Å². The average Bonchev–Trinajstić information content (AvgIpc) is 3.06. The minimum Gasteiger partial charge on any atom is -0.125 e. The van der Waals surface area contributed by atoms with Crippen molar-refractivity contribution in [3.05, 3.63) is 0 Å². The van der Waals surface area contributed by atoms with E-state index in [1.54, 1.807) is 13.8 Å². The normalized spacial score (nSPS) is 26.4. The van der Waals surface area contributed by atoms with Gasteiger partial charge < -0.3 is 0 Å². The minimum absolute atomic E-state index is 0.0214. The van der Waals surface area contributed by atoms with Gasteiger partial charge in [0, 0.05) is 5.88 Å². The molecule has 21 atom stereocenters. The molecule has 0 aromatic rings. The summed E-state index contributed by atoms with van der Waals surface area (Å²) in [7, 11) is 0. The van der Waals surface area contributed by atoms with E-state index < -0.39 is 118 Å². The number of hydrogen-bond donors (Lipinski definition) is 0. The molecular formula is C25H29Cl23. The van der Waals surface area contributed by atoms with Crippen LogP contribution in [0.15, 0.2) is 0 Å². The third-order valence-electron chi connectivity index (χ3n) is 6.90. The average molecular weight is 1140 g/mol. The number of rotatable bonds is 22. The van der Waals surface area contributed by atoms with E-state index in [9.17, 15) is 0 Å². The van der Waals surface area contributed by atoms with Crippen LogP contribution in [0.2, 0.25) is 0 Å². The molecule has 0 aliphatic rings. The van der Waals surface area contributed by atoms with Crippen LogP contribution in [0.25, 0.3) is 0 Å². The SMILES string of the molecule is CC(C)(Cl)C(Cl)C(Cl)C(Cl)C(Cl)C(Cl)C(Cl)C(Cl)C(Cl)C(Cl)C(Cl)C(Cl)C(Cl)C(Cl)C(Cl)C(Cl)C(Cl)C(Cl)C(Cl)C(Cl)C(Cl)C(Cl)CCl. The highest BCUT2D eigenvalue weighted by atomic mass is 35.5. The molecule has 0 heterocycles. The van der Waals surface area contributed by atoms with Crippen LogP contribution in [-0.4, -0.2) is 124 Å². The van der Waals surface area contributed by atoms with Gasteiger partial charge in [0.05, 0.1) is 118 Å².